The smallest absolute Gasteiger partial charge is 0.226 e. The summed E-state index contributed by atoms with van der Waals surface area (Å²) in [5.74, 6) is -1.07. The summed E-state index contributed by atoms with van der Waals surface area (Å²) in [6, 6.07) is 2.47. The van der Waals surface area contributed by atoms with Crippen LogP contribution in [0.5, 0.6) is 0 Å². The standard InChI is InChI=1S/C12H18N2O5/c15-5-2-4-13-10(12(17)18)7-11(16)14-8-9-3-1-6-19-9/h1,3,6,10,13,15H,2,4-5,7-8H2,(H,14,16)(H,17,18)/t10-/m1/s1. The number of hydrogen-bond donors (Lipinski definition) is 3. The highest BCUT2D eigenvalue weighted by molar-refractivity contribution is 5.82. The Balaban J connectivity index is 2.32. The van der Waals surface area contributed by atoms with Gasteiger partial charge in [0.25, 0.3) is 0 Å². The highest BCUT2D eigenvalue weighted by atomic mass is 16.4. The van der Waals surface area contributed by atoms with E-state index in [4.69, 9.17) is 9.52 Å². The monoisotopic (exact) mass is 270 g/mol. The maximum absolute atomic E-state index is 11.6. The summed E-state index contributed by atoms with van der Waals surface area (Å²) < 4.78 is 5.04. The number of amides is 1. The largest absolute Gasteiger partial charge is 0.544 e. The van der Waals surface area contributed by atoms with E-state index in [-0.39, 0.29) is 25.5 Å². The molecular weight excluding hydrogens is 252 g/mol. The van der Waals surface area contributed by atoms with E-state index in [0.717, 1.165) is 0 Å². The van der Waals surface area contributed by atoms with Crippen LogP contribution in [0.4, 0.5) is 0 Å². The predicted molar refractivity (Wildman–Crippen MR) is 62.5 cm³/mol. The molecule has 0 spiro atoms. The van der Waals surface area contributed by atoms with E-state index >= 15 is 0 Å². The van der Waals surface area contributed by atoms with Gasteiger partial charge in [0.1, 0.15) is 11.8 Å². The highest BCUT2D eigenvalue weighted by Gasteiger charge is 2.17. The molecule has 1 amide bonds. The van der Waals surface area contributed by atoms with Crippen LogP contribution in [0.3, 0.4) is 0 Å². The normalized spacial score (nSPS) is 12.1. The SMILES string of the molecule is O=C(C[C@@H]([NH2+]CCCO)C(=O)[O-])NCc1ccco1. The first-order valence-electron chi connectivity index (χ1n) is 6.07. The lowest BCUT2D eigenvalue weighted by molar-refractivity contribution is -0.682. The molecule has 0 unspecified atom stereocenters. The third-order valence-corrected chi connectivity index (χ3v) is 2.56. The summed E-state index contributed by atoms with van der Waals surface area (Å²) in [6.45, 7) is 0.643. The van der Waals surface area contributed by atoms with Gasteiger partial charge in [0, 0.05) is 13.0 Å². The minimum Gasteiger partial charge on any atom is -0.544 e. The van der Waals surface area contributed by atoms with Crippen LogP contribution in [0.2, 0.25) is 0 Å². The molecule has 0 aliphatic carbocycles. The van der Waals surface area contributed by atoms with Crippen LogP contribution in [-0.2, 0) is 16.1 Å². The number of nitrogens with one attached hydrogen (secondary N) is 1. The van der Waals surface area contributed by atoms with Crippen molar-refractivity contribution in [3.05, 3.63) is 24.2 Å². The van der Waals surface area contributed by atoms with Gasteiger partial charge in [0.2, 0.25) is 5.91 Å². The number of carboxylic acid groups (broad SMARTS) is 1. The third-order valence-electron chi connectivity index (χ3n) is 2.56. The van der Waals surface area contributed by atoms with E-state index in [2.05, 4.69) is 5.32 Å². The lowest BCUT2D eigenvalue weighted by atomic mass is 10.2. The fourth-order valence-electron chi connectivity index (χ4n) is 1.54. The van der Waals surface area contributed by atoms with E-state index in [1.165, 1.54) is 11.6 Å². The van der Waals surface area contributed by atoms with Crippen LogP contribution in [0.15, 0.2) is 22.8 Å². The van der Waals surface area contributed by atoms with Gasteiger partial charge in [-0.15, -0.1) is 0 Å². The molecule has 0 bridgehead atoms. The van der Waals surface area contributed by atoms with Gasteiger partial charge in [-0.3, -0.25) is 4.79 Å². The van der Waals surface area contributed by atoms with Gasteiger partial charge in [0.05, 0.1) is 31.7 Å². The first-order chi connectivity index (χ1) is 9.13. The molecule has 0 radical (unpaired) electrons. The third kappa shape index (κ3) is 6.03. The molecule has 0 fully saturated rings. The number of aliphatic hydroxyl groups is 1. The van der Waals surface area contributed by atoms with Crippen molar-refractivity contribution in [1.82, 2.24) is 5.32 Å². The second kappa shape index (κ2) is 8.28. The van der Waals surface area contributed by atoms with E-state index in [0.29, 0.717) is 18.7 Å². The minimum absolute atomic E-state index is 0.0129. The van der Waals surface area contributed by atoms with Crippen molar-refractivity contribution < 1.29 is 29.5 Å². The average molecular weight is 270 g/mol. The molecule has 1 atom stereocenters. The van der Waals surface area contributed by atoms with Gasteiger partial charge >= 0.3 is 0 Å². The van der Waals surface area contributed by atoms with Crippen LogP contribution in [-0.4, -0.2) is 36.2 Å². The summed E-state index contributed by atoms with van der Waals surface area (Å²) >= 11 is 0. The Morgan fingerprint density at radius 2 is 2.32 bits per heavy atom. The fourth-order valence-corrected chi connectivity index (χ4v) is 1.54. The van der Waals surface area contributed by atoms with Crippen molar-refractivity contribution in [2.75, 3.05) is 13.2 Å². The molecule has 0 saturated carbocycles. The number of carbonyl (C=O) groups excluding carboxylic acids is 2. The van der Waals surface area contributed by atoms with Gasteiger partial charge in [-0.05, 0) is 12.1 Å². The Hall–Kier alpha value is -1.86. The molecule has 4 N–H and O–H groups in total. The molecule has 106 valence electrons. The summed E-state index contributed by atoms with van der Waals surface area (Å²) in [7, 11) is 0. The van der Waals surface area contributed by atoms with Gasteiger partial charge in [-0.25, -0.2) is 0 Å². The van der Waals surface area contributed by atoms with Gasteiger partial charge < -0.3 is 30.1 Å². The zero-order valence-electron chi connectivity index (χ0n) is 10.5. The molecule has 0 aromatic carbocycles. The second-order valence-corrected chi connectivity index (χ2v) is 4.09. The molecule has 1 aromatic heterocycles. The van der Waals surface area contributed by atoms with Crippen LogP contribution < -0.4 is 15.7 Å². The molecule has 7 nitrogen and oxygen atoms in total. The van der Waals surface area contributed by atoms with Crippen molar-refractivity contribution in [1.29, 1.82) is 0 Å². The molecule has 19 heavy (non-hydrogen) atoms. The Kier molecular flexibility index (Phi) is 6.62. The number of carboxylic acids is 1. The Morgan fingerprint density at radius 1 is 1.53 bits per heavy atom. The van der Waals surface area contributed by atoms with E-state index in [1.807, 2.05) is 0 Å². The highest BCUT2D eigenvalue weighted by Crippen LogP contribution is 1.98. The summed E-state index contributed by atoms with van der Waals surface area (Å²) in [5, 5.41) is 23.5. The first-order valence-corrected chi connectivity index (χ1v) is 6.07. The number of carbonyl (C=O) groups is 2. The number of aliphatic hydroxyl groups excluding tert-OH is 1. The van der Waals surface area contributed by atoms with E-state index < -0.39 is 12.0 Å². The summed E-state index contributed by atoms with van der Waals surface area (Å²) in [6.07, 6.45) is 1.79. The van der Waals surface area contributed by atoms with Gasteiger partial charge in [-0.2, -0.15) is 0 Å². The van der Waals surface area contributed by atoms with Crippen molar-refractivity contribution >= 4 is 11.9 Å². The molecule has 0 saturated heterocycles. The lowest BCUT2D eigenvalue weighted by Crippen LogP contribution is -2.93. The number of furan rings is 1. The zero-order chi connectivity index (χ0) is 14.1. The van der Waals surface area contributed by atoms with Crippen LogP contribution in [0.25, 0.3) is 0 Å². The molecule has 1 rings (SSSR count). The average Bonchev–Trinajstić information content (AvgIpc) is 2.88. The van der Waals surface area contributed by atoms with Crippen LogP contribution >= 0.6 is 0 Å². The van der Waals surface area contributed by atoms with Crippen LogP contribution in [0.1, 0.15) is 18.6 Å². The van der Waals surface area contributed by atoms with Crippen LogP contribution in [0, 0.1) is 0 Å². The molecule has 0 aliphatic heterocycles. The molecular formula is C12H18N2O5. The minimum atomic E-state index is -1.29. The molecule has 0 aliphatic rings. The summed E-state index contributed by atoms with van der Waals surface area (Å²) in [4.78, 5) is 22.4. The molecule has 1 heterocycles. The first kappa shape index (κ1) is 15.2. The quantitative estimate of drug-likeness (QED) is 0.423. The number of aliphatic carboxylic acids is 1. The van der Waals surface area contributed by atoms with E-state index in [9.17, 15) is 14.7 Å². The molecule has 7 heteroatoms. The molecule has 1 aromatic rings. The second-order valence-electron chi connectivity index (χ2n) is 4.09. The zero-order valence-corrected chi connectivity index (χ0v) is 10.5. The maximum atomic E-state index is 11.6. The Morgan fingerprint density at radius 3 is 2.89 bits per heavy atom. The van der Waals surface area contributed by atoms with Crippen molar-refractivity contribution in [2.45, 2.75) is 25.4 Å². The Bertz CT molecular complexity index is 391. The van der Waals surface area contributed by atoms with Crippen molar-refractivity contribution in [3.63, 3.8) is 0 Å². The maximum Gasteiger partial charge on any atom is 0.226 e. The van der Waals surface area contributed by atoms with Gasteiger partial charge in [0.15, 0.2) is 0 Å². The topological polar surface area (TPSA) is 119 Å². The van der Waals surface area contributed by atoms with E-state index in [1.54, 1.807) is 12.1 Å². The van der Waals surface area contributed by atoms with Gasteiger partial charge in [-0.1, -0.05) is 0 Å². The number of nitrogens with two attached hydrogens (primary N) is 1. The number of quaternary nitrogens is 1. The predicted octanol–water partition coefficient (Wildman–Crippen LogP) is -2.65. The Labute approximate surface area is 110 Å². The lowest BCUT2D eigenvalue weighted by Gasteiger charge is -2.15. The summed E-state index contributed by atoms with van der Waals surface area (Å²) in [5.41, 5.74) is 0. The number of rotatable bonds is 9. The number of hydrogen-bond acceptors (Lipinski definition) is 5. The van der Waals surface area contributed by atoms with Crippen molar-refractivity contribution in [3.8, 4) is 0 Å². The fraction of sp³-hybridized carbons (Fsp3) is 0.500. The van der Waals surface area contributed by atoms with Crippen molar-refractivity contribution in [2.24, 2.45) is 0 Å².